The zero-order valence-electron chi connectivity index (χ0n) is 15.7. The van der Waals surface area contributed by atoms with Gasteiger partial charge in [0.1, 0.15) is 17.1 Å². The Morgan fingerprint density at radius 3 is 2.75 bits per heavy atom. The molecule has 132 valence electrons. The summed E-state index contributed by atoms with van der Waals surface area (Å²) in [7, 11) is 0. The average Bonchev–Trinajstić information content (AvgIpc) is 2.54. The SMILES string of the molecule is CCCCCc1cc(O)c2c(c1)OC(C)(CC)[C@@H]1CCC(C)=C[C@@H]21. The fourth-order valence-electron chi connectivity index (χ4n) is 4.51. The second-order valence-electron chi connectivity index (χ2n) is 7.94. The summed E-state index contributed by atoms with van der Waals surface area (Å²) in [4.78, 5) is 0. The van der Waals surface area contributed by atoms with Gasteiger partial charge in [0.05, 0.1) is 0 Å². The maximum absolute atomic E-state index is 10.8. The topological polar surface area (TPSA) is 29.5 Å². The number of rotatable bonds is 5. The van der Waals surface area contributed by atoms with Crippen molar-refractivity contribution in [3.05, 3.63) is 34.9 Å². The van der Waals surface area contributed by atoms with Gasteiger partial charge in [-0.25, -0.2) is 0 Å². The van der Waals surface area contributed by atoms with Crippen LogP contribution in [0.15, 0.2) is 23.8 Å². The summed E-state index contributed by atoms with van der Waals surface area (Å²) in [6, 6.07) is 4.16. The Hall–Kier alpha value is -1.44. The molecule has 0 radical (unpaired) electrons. The molecule has 0 bridgehead atoms. The van der Waals surface area contributed by atoms with Crippen molar-refractivity contribution in [2.75, 3.05) is 0 Å². The highest BCUT2D eigenvalue weighted by Crippen LogP contribution is 2.54. The van der Waals surface area contributed by atoms with Gasteiger partial charge in [0.25, 0.3) is 0 Å². The van der Waals surface area contributed by atoms with E-state index in [1.165, 1.54) is 30.4 Å². The summed E-state index contributed by atoms with van der Waals surface area (Å²) >= 11 is 0. The fraction of sp³-hybridized carbons (Fsp3) is 0.636. The van der Waals surface area contributed by atoms with Crippen LogP contribution in [-0.2, 0) is 6.42 Å². The number of hydrogen-bond donors (Lipinski definition) is 1. The third-order valence-electron chi connectivity index (χ3n) is 6.16. The fourth-order valence-corrected chi connectivity index (χ4v) is 4.51. The number of unbranched alkanes of at least 4 members (excludes halogenated alkanes) is 2. The third-order valence-corrected chi connectivity index (χ3v) is 6.16. The van der Waals surface area contributed by atoms with E-state index in [0.717, 1.165) is 37.0 Å². The first kappa shape index (κ1) is 17.4. The number of ether oxygens (including phenoxy) is 1. The van der Waals surface area contributed by atoms with Crippen LogP contribution in [0.1, 0.15) is 83.3 Å². The quantitative estimate of drug-likeness (QED) is 0.520. The van der Waals surface area contributed by atoms with Crippen molar-refractivity contribution in [1.29, 1.82) is 0 Å². The van der Waals surface area contributed by atoms with E-state index in [1.807, 2.05) is 6.07 Å². The first-order valence-electron chi connectivity index (χ1n) is 9.70. The van der Waals surface area contributed by atoms with Gasteiger partial charge >= 0.3 is 0 Å². The Labute approximate surface area is 146 Å². The van der Waals surface area contributed by atoms with Gasteiger partial charge in [0, 0.05) is 17.4 Å². The number of allylic oxidation sites excluding steroid dienone is 2. The zero-order valence-corrected chi connectivity index (χ0v) is 15.7. The summed E-state index contributed by atoms with van der Waals surface area (Å²) in [5.41, 5.74) is 3.52. The van der Waals surface area contributed by atoms with E-state index in [2.05, 4.69) is 39.8 Å². The number of hydrogen-bond acceptors (Lipinski definition) is 2. The third kappa shape index (κ3) is 3.08. The van der Waals surface area contributed by atoms with Crippen LogP contribution >= 0.6 is 0 Å². The molecule has 1 unspecified atom stereocenters. The monoisotopic (exact) mass is 328 g/mol. The Kier molecular flexibility index (Phi) is 4.94. The number of phenolic OH excluding ortho intramolecular Hbond substituents is 1. The molecule has 1 aliphatic heterocycles. The molecule has 3 rings (SSSR count). The normalized spacial score (nSPS) is 28.6. The van der Waals surface area contributed by atoms with E-state index in [4.69, 9.17) is 4.74 Å². The predicted molar refractivity (Wildman–Crippen MR) is 99.9 cm³/mol. The second kappa shape index (κ2) is 6.82. The van der Waals surface area contributed by atoms with E-state index < -0.39 is 0 Å². The zero-order chi connectivity index (χ0) is 17.3. The van der Waals surface area contributed by atoms with E-state index >= 15 is 0 Å². The highest BCUT2D eigenvalue weighted by Gasteiger charge is 2.46. The van der Waals surface area contributed by atoms with E-state index in [9.17, 15) is 5.11 Å². The van der Waals surface area contributed by atoms with Crippen LogP contribution in [0, 0.1) is 5.92 Å². The van der Waals surface area contributed by atoms with Crippen LogP contribution in [-0.4, -0.2) is 10.7 Å². The summed E-state index contributed by atoms with van der Waals surface area (Å²) < 4.78 is 6.51. The molecule has 24 heavy (non-hydrogen) atoms. The maximum Gasteiger partial charge on any atom is 0.127 e. The van der Waals surface area contributed by atoms with E-state index in [0.29, 0.717) is 11.7 Å². The predicted octanol–water partition coefficient (Wildman–Crippen LogP) is 6.13. The summed E-state index contributed by atoms with van der Waals surface area (Å²) in [5.74, 6) is 2.09. The van der Waals surface area contributed by atoms with Crippen LogP contribution < -0.4 is 4.74 Å². The van der Waals surface area contributed by atoms with Crippen molar-refractivity contribution < 1.29 is 9.84 Å². The molecule has 2 heteroatoms. The highest BCUT2D eigenvalue weighted by atomic mass is 16.5. The van der Waals surface area contributed by atoms with Gasteiger partial charge in [0.2, 0.25) is 0 Å². The van der Waals surface area contributed by atoms with Crippen LogP contribution in [0.2, 0.25) is 0 Å². The second-order valence-corrected chi connectivity index (χ2v) is 7.94. The van der Waals surface area contributed by atoms with Crippen molar-refractivity contribution in [2.45, 2.75) is 84.2 Å². The Balaban J connectivity index is 2.01. The van der Waals surface area contributed by atoms with Gasteiger partial charge in [-0.3, -0.25) is 0 Å². The molecule has 0 saturated carbocycles. The molecule has 1 aliphatic carbocycles. The van der Waals surface area contributed by atoms with Crippen LogP contribution in [0.25, 0.3) is 0 Å². The van der Waals surface area contributed by atoms with Crippen LogP contribution in [0.5, 0.6) is 11.5 Å². The van der Waals surface area contributed by atoms with Crippen molar-refractivity contribution in [3.8, 4) is 11.5 Å². The van der Waals surface area contributed by atoms with E-state index in [-0.39, 0.29) is 11.5 Å². The number of aromatic hydroxyl groups is 1. The maximum atomic E-state index is 10.8. The molecular weight excluding hydrogens is 296 g/mol. The lowest BCUT2D eigenvalue weighted by Crippen LogP contribution is -2.47. The molecule has 1 heterocycles. The molecule has 2 nitrogen and oxygen atoms in total. The lowest BCUT2D eigenvalue weighted by Gasteiger charge is -2.48. The summed E-state index contributed by atoms with van der Waals surface area (Å²) in [6.45, 7) is 8.91. The molecule has 0 saturated heterocycles. The Morgan fingerprint density at radius 1 is 1.25 bits per heavy atom. The Morgan fingerprint density at radius 2 is 2.04 bits per heavy atom. The van der Waals surface area contributed by atoms with Crippen LogP contribution in [0.4, 0.5) is 0 Å². The van der Waals surface area contributed by atoms with E-state index in [1.54, 1.807) is 0 Å². The largest absolute Gasteiger partial charge is 0.507 e. The molecule has 1 aromatic rings. The number of benzene rings is 1. The molecule has 1 aromatic carbocycles. The molecule has 3 atom stereocenters. The standard InChI is InChI=1S/C22H32O2/c1-5-7-8-9-16-13-19(23)21-17-12-15(3)10-11-18(17)22(4,6-2)24-20(21)14-16/h12-14,17-18,23H,5-11H2,1-4H3/t17-,18-,22?/m1/s1. The number of fused-ring (bicyclic) bond motifs is 3. The van der Waals surface area contributed by atoms with Gasteiger partial charge in [0.15, 0.2) is 0 Å². The lowest BCUT2D eigenvalue weighted by atomic mass is 9.66. The minimum atomic E-state index is -0.136. The summed E-state index contributed by atoms with van der Waals surface area (Å²) in [5, 5.41) is 10.8. The highest BCUT2D eigenvalue weighted by molar-refractivity contribution is 5.54. The molecule has 0 amide bonds. The Bertz CT molecular complexity index is 631. The number of aryl methyl sites for hydroxylation is 1. The molecule has 0 spiro atoms. The van der Waals surface area contributed by atoms with Crippen molar-refractivity contribution >= 4 is 0 Å². The van der Waals surface area contributed by atoms with Gasteiger partial charge in [-0.15, -0.1) is 0 Å². The first-order chi connectivity index (χ1) is 11.5. The molecule has 2 aliphatic rings. The molecule has 0 aromatic heterocycles. The van der Waals surface area contributed by atoms with Crippen molar-refractivity contribution in [1.82, 2.24) is 0 Å². The summed E-state index contributed by atoms with van der Waals surface area (Å²) in [6.07, 6.45) is 10.3. The first-order valence-corrected chi connectivity index (χ1v) is 9.70. The number of phenols is 1. The molecule has 1 N–H and O–H groups in total. The molecular formula is C22H32O2. The van der Waals surface area contributed by atoms with Crippen molar-refractivity contribution in [2.24, 2.45) is 5.92 Å². The minimum Gasteiger partial charge on any atom is -0.507 e. The average molecular weight is 328 g/mol. The van der Waals surface area contributed by atoms with Crippen LogP contribution in [0.3, 0.4) is 0 Å². The van der Waals surface area contributed by atoms with Gasteiger partial charge in [-0.05, 0) is 63.6 Å². The van der Waals surface area contributed by atoms with Gasteiger partial charge < -0.3 is 9.84 Å². The lowest BCUT2D eigenvalue weighted by molar-refractivity contribution is -0.00904. The van der Waals surface area contributed by atoms with Gasteiger partial charge in [-0.2, -0.15) is 0 Å². The minimum absolute atomic E-state index is 0.136. The smallest absolute Gasteiger partial charge is 0.127 e. The molecule has 0 fully saturated rings. The van der Waals surface area contributed by atoms with Gasteiger partial charge in [-0.1, -0.05) is 38.3 Å². The van der Waals surface area contributed by atoms with Crippen molar-refractivity contribution in [3.63, 3.8) is 0 Å².